The van der Waals surface area contributed by atoms with Gasteiger partial charge in [-0.05, 0) is 17.4 Å². The van der Waals surface area contributed by atoms with E-state index in [-0.39, 0.29) is 16.0 Å². The van der Waals surface area contributed by atoms with E-state index in [1.807, 2.05) is 12.1 Å². The third-order valence-electron chi connectivity index (χ3n) is 2.50. The van der Waals surface area contributed by atoms with Crippen LogP contribution < -0.4 is 0 Å². The highest BCUT2D eigenvalue weighted by atomic mass is 79.9. The first kappa shape index (κ1) is 13.2. The molecule has 1 atom stereocenters. The molecule has 0 aliphatic rings. The molecule has 0 fully saturated rings. The maximum atomic E-state index is 10.5. The Bertz CT molecular complexity index is 368. The van der Waals surface area contributed by atoms with Crippen LogP contribution in [0, 0.1) is 15.5 Å². The van der Waals surface area contributed by atoms with Gasteiger partial charge in [-0.3, -0.25) is 10.1 Å². The van der Waals surface area contributed by atoms with Crippen molar-refractivity contribution in [3.8, 4) is 0 Å². The molecule has 3 nitrogen and oxygen atoms in total. The number of hydrogen-bond acceptors (Lipinski definition) is 2. The van der Waals surface area contributed by atoms with Crippen LogP contribution in [0.2, 0.25) is 0 Å². The fourth-order valence-corrected chi connectivity index (χ4v) is 1.64. The Morgan fingerprint density at radius 2 is 1.81 bits per heavy atom. The van der Waals surface area contributed by atoms with Crippen molar-refractivity contribution in [3.63, 3.8) is 0 Å². The molecule has 1 aromatic carbocycles. The monoisotopic (exact) mass is 285 g/mol. The Labute approximate surface area is 104 Å². The topological polar surface area (TPSA) is 43.1 Å². The molecular formula is C12H16BrNO2. The molecule has 0 spiro atoms. The Morgan fingerprint density at radius 1 is 1.31 bits per heavy atom. The maximum Gasteiger partial charge on any atom is 0.269 e. The smallest absolute Gasteiger partial charge is 0.258 e. The van der Waals surface area contributed by atoms with E-state index in [0.29, 0.717) is 4.83 Å². The van der Waals surface area contributed by atoms with Crippen molar-refractivity contribution in [2.24, 2.45) is 5.41 Å². The number of nitrogens with zero attached hydrogens (tertiary/aromatic N) is 1. The fourth-order valence-electron chi connectivity index (χ4n) is 1.27. The Balaban J connectivity index is 2.73. The minimum absolute atomic E-state index is 0.144. The summed E-state index contributed by atoms with van der Waals surface area (Å²) in [6, 6.07) is 6.74. The number of rotatable bonds is 3. The van der Waals surface area contributed by atoms with Gasteiger partial charge in [-0.15, -0.1) is 0 Å². The average Bonchev–Trinajstić information content (AvgIpc) is 2.17. The standard InChI is InChI=1S/C12H16BrNO2/c1-12(2,3)11(13)8-9-4-6-10(7-5-9)14(15)16/h4-7,11H,8H2,1-3H3. The van der Waals surface area contributed by atoms with E-state index >= 15 is 0 Å². The van der Waals surface area contributed by atoms with Crippen LogP contribution in [-0.4, -0.2) is 9.75 Å². The summed E-state index contributed by atoms with van der Waals surface area (Å²) < 4.78 is 0. The van der Waals surface area contributed by atoms with Gasteiger partial charge in [0.15, 0.2) is 0 Å². The van der Waals surface area contributed by atoms with Crippen LogP contribution in [0.25, 0.3) is 0 Å². The lowest BCUT2D eigenvalue weighted by molar-refractivity contribution is -0.384. The second-order valence-electron chi connectivity index (χ2n) is 4.96. The lowest BCUT2D eigenvalue weighted by atomic mass is 9.88. The number of hydrogen-bond donors (Lipinski definition) is 0. The summed E-state index contributed by atoms with van der Waals surface area (Å²) in [5.41, 5.74) is 1.44. The SMILES string of the molecule is CC(C)(C)C(Br)Cc1ccc([N+](=O)[O-])cc1. The first-order valence-corrected chi connectivity index (χ1v) is 6.09. The summed E-state index contributed by atoms with van der Waals surface area (Å²) in [7, 11) is 0. The molecule has 4 heteroatoms. The molecule has 0 heterocycles. The third kappa shape index (κ3) is 3.59. The van der Waals surface area contributed by atoms with Gasteiger partial charge in [0.25, 0.3) is 5.69 Å². The van der Waals surface area contributed by atoms with Gasteiger partial charge in [0, 0.05) is 17.0 Å². The summed E-state index contributed by atoms with van der Waals surface area (Å²) in [6.07, 6.45) is 0.876. The molecule has 0 N–H and O–H groups in total. The zero-order valence-electron chi connectivity index (χ0n) is 9.74. The first-order valence-electron chi connectivity index (χ1n) is 5.18. The molecule has 1 unspecified atom stereocenters. The second-order valence-corrected chi connectivity index (χ2v) is 6.07. The molecule has 0 aliphatic carbocycles. The fraction of sp³-hybridized carbons (Fsp3) is 0.500. The third-order valence-corrected chi connectivity index (χ3v) is 4.20. The molecular weight excluding hydrogens is 270 g/mol. The average molecular weight is 286 g/mol. The van der Waals surface area contributed by atoms with Crippen LogP contribution in [0.1, 0.15) is 26.3 Å². The summed E-state index contributed by atoms with van der Waals surface area (Å²) in [5, 5.41) is 10.5. The summed E-state index contributed by atoms with van der Waals surface area (Å²) >= 11 is 3.65. The highest BCUT2D eigenvalue weighted by Gasteiger charge is 2.21. The molecule has 0 amide bonds. The van der Waals surface area contributed by atoms with Crippen LogP contribution in [0.5, 0.6) is 0 Å². The molecule has 0 saturated carbocycles. The largest absolute Gasteiger partial charge is 0.269 e. The minimum atomic E-state index is -0.376. The van der Waals surface area contributed by atoms with E-state index in [1.54, 1.807) is 12.1 Å². The predicted octanol–water partition coefficient (Wildman–Crippen LogP) is 3.95. The predicted molar refractivity (Wildman–Crippen MR) is 69.0 cm³/mol. The Kier molecular flexibility index (Phi) is 4.08. The summed E-state index contributed by atoms with van der Waals surface area (Å²) in [5.74, 6) is 0. The van der Waals surface area contributed by atoms with Gasteiger partial charge in [0.2, 0.25) is 0 Å². The van der Waals surface area contributed by atoms with E-state index in [1.165, 1.54) is 0 Å². The summed E-state index contributed by atoms with van der Waals surface area (Å²) in [4.78, 5) is 10.5. The minimum Gasteiger partial charge on any atom is -0.258 e. The molecule has 0 aliphatic heterocycles. The highest BCUT2D eigenvalue weighted by Crippen LogP contribution is 2.29. The lowest BCUT2D eigenvalue weighted by Crippen LogP contribution is -2.22. The quantitative estimate of drug-likeness (QED) is 0.479. The van der Waals surface area contributed by atoms with Crippen molar-refractivity contribution in [2.45, 2.75) is 32.0 Å². The zero-order valence-corrected chi connectivity index (χ0v) is 11.3. The molecule has 16 heavy (non-hydrogen) atoms. The normalized spacial score (nSPS) is 13.5. The van der Waals surface area contributed by atoms with Crippen molar-refractivity contribution in [1.82, 2.24) is 0 Å². The number of non-ortho nitro benzene ring substituents is 1. The highest BCUT2D eigenvalue weighted by molar-refractivity contribution is 9.09. The van der Waals surface area contributed by atoms with Crippen LogP contribution >= 0.6 is 15.9 Å². The maximum absolute atomic E-state index is 10.5. The van der Waals surface area contributed by atoms with Crippen molar-refractivity contribution in [3.05, 3.63) is 39.9 Å². The van der Waals surface area contributed by atoms with Crippen molar-refractivity contribution in [1.29, 1.82) is 0 Å². The summed E-state index contributed by atoms with van der Waals surface area (Å²) in [6.45, 7) is 6.49. The Morgan fingerprint density at radius 3 is 2.19 bits per heavy atom. The molecule has 0 radical (unpaired) electrons. The van der Waals surface area contributed by atoms with E-state index in [2.05, 4.69) is 36.7 Å². The molecule has 1 aromatic rings. The van der Waals surface area contributed by atoms with Gasteiger partial charge in [0.05, 0.1) is 4.92 Å². The molecule has 1 rings (SSSR count). The van der Waals surface area contributed by atoms with Crippen molar-refractivity contribution < 1.29 is 4.92 Å². The lowest BCUT2D eigenvalue weighted by Gasteiger charge is -2.25. The molecule has 0 aromatic heterocycles. The van der Waals surface area contributed by atoms with Crippen LogP contribution in [0.15, 0.2) is 24.3 Å². The van der Waals surface area contributed by atoms with Gasteiger partial charge >= 0.3 is 0 Å². The number of nitro benzene ring substituents is 1. The van der Waals surface area contributed by atoms with Gasteiger partial charge in [-0.2, -0.15) is 0 Å². The number of benzene rings is 1. The van der Waals surface area contributed by atoms with Crippen LogP contribution in [0.3, 0.4) is 0 Å². The second kappa shape index (κ2) is 4.95. The van der Waals surface area contributed by atoms with Crippen LogP contribution in [-0.2, 0) is 6.42 Å². The van der Waals surface area contributed by atoms with Crippen molar-refractivity contribution >= 4 is 21.6 Å². The molecule has 0 bridgehead atoms. The van der Waals surface area contributed by atoms with E-state index in [9.17, 15) is 10.1 Å². The number of halogens is 1. The van der Waals surface area contributed by atoms with Gasteiger partial charge in [-0.1, -0.05) is 48.8 Å². The first-order chi connectivity index (χ1) is 7.30. The van der Waals surface area contributed by atoms with Crippen molar-refractivity contribution in [2.75, 3.05) is 0 Å². The van der Waals surface area contributed by atoms with Gasteiger partial charge < -0.3 is 0 Å². The van der Waals surface area contributed by atoms with E-state index in [4.69, 9.17) is 0 Å². The number of nitro groups is 1. The number of alkyl halides is 1. The van der Waals surface area contributed by atoms with Crippen LogP contribution in [0.4, 0.5) is 5.69 Å². The van der Waals surface area contributed by atoms with Gasteiger partial charge in [-0.25, -0.2) is 0 Å². The molecule has 0 saturated heterocycles. The van der Waals surface area contributed by atoms with E-state index in [0.717, 1.165) is 12.0 Å². The Hall–Kier alpha value is -0.900. The molecule has 88 valence electrons. The zero-order chi connectivity index (χ0) is 12.3. The van der Waals surface area contributed by atoms with E-state index < -0.39 is 0 Å². The van der Waals surface area contributed by atoms with Gasteiger partial charge in [0.1, 0.15) is 0 Å².